The van der Waals surface area contributed by atoms with Gasteiger partial charge in [-0.2, -0.15) is 0 Å². The summed E-state index contributed by atoms with van der Waals surface area (Å²) in [6, 6.07) is 8.29. The van der Waals surface area contributed by atoms with E-state index in [-0.39, 0.29) is 17.4 Å². The van der Waals surface area contributed by atoms with E-state index >= 15 is 0 Å². The van der Waals surface area contributed by atoms with E-state index in [9.17, 15) is 9.90 Å². The van der Waals surface area contributed by atoms with Gasteiger partial charge in [0.15, 0.2) is 0 Å². The average molecular weight is 276 g/mol. The molecule has 1 aliphatic heterocycles. The molecule has 4 heteroatoms. The van der Waals surface area contributed by atoms with Gasteiger partial charge in [0.25, 0.3) is 0 Å². The van der Waals surface area contributed by atoms with Crippen LogP contribution in [-0.4, -0.2) is 30.2 Å². The Balaban J connectivity index is 2.16. The number of piperidine rings is 1. The Morgan fingerprint density at radius 1 is 1.25 bits per heavy atom. The maximum atomic E-state index is 11.2. The quantitative estimate of drug-likeness (QED) is 0.869. The zero-order valence-electron chi connectivity index (χ0n) is 12.5. The first-order valence-electron chi connectivity index (χ1n) is 7.11. The van der Waals surface area contributed by atoms with Crippen LogP contribution in [0, 0.1) is 5.92 Å². The molecule has 1 saturated heterocycles. The Kier molecular flexibility index (Phi) is 4.04. The number of carbonyl (C=O) groups is 1. The highest BCUT2D eigenvalue weighted by Gasteiger charge is 2.30. The molecule has 0 bridgehead atoms. The lowest BCUT2D eigenvalue weighted by atomic mass is 9.87. The monoisotopic (exact) mass is 276 g/mol. The van der Waals surface area contributed by atoms with Gasteiger partial charge in [-0.3, -0.25) is 4.79 Å². The molecule has 2 rings (SSSR count). The third kappa shape index (κ3) is 3.31. The van der Waals surface area contributed by atoms with Crippen LogP contribution in [0.1, 0.15) is 32.8 Å². The predicted molar refractivity (Wildman–Crippen MR) is 81.1 cm³/mol. The van der Waals surface area contributed by atoms with Crippen molar-refractivity contribution in [3.8, 4) is 0 Å². The Hall–Kier alpha value is -1.55. The van der Waals surface area contributed by atoms with E-state index in [0.29, 0.717) is 13.0 Å². The number of carboxylic acid groups (broad SMARTS) is 1. The van der Waals surface area contributed by atoms with Gasteiger partial charge >= 0.3 is 5.97 Å². The van der Waals surface area contributed by atoms with E-state index < -0.39 is 5.97 Å². The molecule has 4 nitrogen and oxygen atoms in total. The van der Waals surface area contributed by atoms with Crippen molar-refractivity contribution in [2.75, 3.05) is 18.0 Å². The van der Waals surface area contributed by atoms with E-state index in [0.717, 1.165) is 12.2 Å². The van der Waals surface area contributed by atoms with Crippen molar-refractivity contribution in [3.05, 3.63) is 29.8 Å². The van der Waals surface area contributed by atoms with Crippen molar-refractivity contribution in [1.82, 2.24) is 0 Å². The van der Waals surface area contributed by atoms with Crippen molar-refractivity contribution in [1.29, 1.82) is 0 Å². The topological polar surface area (TPSA) is 66.6 Å². The van der Waals surface area contributed by atoms with E-state index in [2.05, 4.69) is 49.9 Å². The van der Waals surface area contributed by atoms with Crippen molar-refractivity contribution in [3.63, 3.8) is 0 Å². The number of aliphatic carboxylic acids is 1. The number of rotatable bonds is 2. The van der Waals surface area contributed by atoms with Crippen molar-refractivity contribution in [2.24, 2.45) is 11.7 Å². The van der Waals surface area contributed by atoms with E-state index in [1.165, 1.54) is 5.56 Å². The van der Waals surface area contributed by atoms with Gasteiger partial charge in [-0.15, -0.1) is 0 Å². The van der Waals surface area contributed by atoms with Crippen LogP contribution in [0.5, 0.6) is 0 Å². The standard InChI is InChI=1S/C16H24N2O2/c1-16(2,3)12-4-6-14(7-5-12)18-9-11(15(19)20)8-13(17)10-18/h4-7,11,13H,8-10,17H2,1-3H3,(H,19,20). The molecule has 0 radical (unpaired) electrons. The molecule has 1 fully saturated rings. The van der Waals surface area contributed by atoms with Gasteiger partial charge in [0.1, 0.15) is 0 Å². The Morgan fingerprint density at radius 2 is 1.85 bits per heavy atom. The minimum Gasteiger partial charge on any atom is -0.481 e. The van der Waals surface area contributed by atoms with Crippen LogP contribution >= 0.6 is 0 Å². The molecule has 0 aromatic heterocycles. The smallest absolute Gasteiger partial charge is 0.308 e. The largest absolute Gasteiger partial charge is 0.481 e. The highest BCUT2D eigenvalue weighted by molar-refractivity contribution is 5.71. The SMILES string of the molecule is CC(C)(C)c1ccc(N2CC(N)CC(C(=O)O)C2)cc1. The second-order valence-corrected chi connectivity index (χ2v) is 6.73. The molecule has 20 heavy (non-hydrogen) atoms. The number of nitrogens with zero attached hydrogens (tertiary/aromatic N) is 1. The third-order valence-electron chi connectivity index (χ3n) is 3.93. The van der Waals surface area contributed by atoms with Crippen LogP contribution in [0.4, 0.5) is 5.69 Å². The average Bonchev–Trinajstić information content (AvgIpc) is 2.37. The summed E-state index contributed by atoms with van der Waals surface area (Å²) < 4.78 is 0. The zero-order chi connectivity index (χ0) is 14.9. The summed E-state index contributed by atoms with van der Waals surface area (Å²) in [5, 5.41) is 9.19. The Labute approximate surface area is 120 Å². The Bertz CT molecular complexity index is 476. The van der Waals surface area contributed by atoms with Crippen LogP contribution in [0.2, 0.25) is 0 Å². The predicted octanol–water partition coefficient (Wildman–Crippen LogP) is 2.22. The molecule has 1 aliphatic rings. The zero-order valence-corrected chi connectivity index (χ0v) is 12.5. The van der Waals surface area contributed by atoms with E-state index in [4.69, 9.17) is 5.73 Å². The number of hydrogen-bond donors (Lipinski definition) is 2. The fourth-order valence-electron chi connectivity index (χ4n) is 2.70. The summed E-state index contributed by atoms with van der Waals surface area (Å²) in [4.78, 5) is 13.3. The van der Waals surface area contributed by atoms with Gasteiger partial charge in [-0.25, -0.2) is 0 Å². The van der Waals surface area contributed by atoms with Crippen LogP contribution in [0.25, 0.3) is 0 Å². The van der Waals surface area contributed by atoms with Gasteiger partial charge in [-0.1, -0.05) is 32.9 Å². The summed E-state index contributed by atoms with van der Waals surface area (Å²) in [6.07, 6.45) is 0.561. The Morgan fingerprint density at radius 3 is 2.35 bits per heavy atom. The lowest BCUT2D eigenvalue weighted by Gasteiger charge is -2.36. The summed E-state index contributed by atoms with van der Waals surface area (Å²) in [7, 11) is 0. The minimum atomic E-state index is -0.753. The highest BCUT2D eigenvalue weighted by atomic mass is 16.4. The number of benzene rings is 1. The minimum absolute atomic E-state index is 0.0767. The molecule has 0 aliphatic carbocycles. The molecule has 3 N–H and O–H groups in total. The third-order valence-corrected chi connectivity index (χ3v) is 3.93. The summed E-state index contributed by atoms with van der Waals surface area (Å²) in [5.41, 5.74) is 8.44. The summed E-state index contributed by atoms with van der Waals surface area (Å²) in [5.74, 6) is -1.13. The first kappa shape index (κ1) is 14.9. The van der Waals surface area contributed by atoms with E-state index in [1.54, 1.807) is 0 Å². The summed E-state index contributed by atoms with van der Waals surface area (Å²) >= 11 is 0. The lowest BCUT2D eigenvalue weighted by Crippen LogP contribution is -2.49. The molecule has 2 unspecified atom stereocenters. The van der Waals surface area contributed by atoms with Gasteiger partial charge in [0.05, 0.1) is 5.92 Å². The summed E-state index contributed by atoms with van der Waals surface area (Å²) in [6.45, 7) is 7.80. The molecule has 1 aromatic carbocycles. The first-order valence-corrected chi connectivity index (χ1v) is 7.11. The van der Waals surface area contributed by atoms with Crippen molar-refractivity contribution < 1.29 is 9.90 Å². The van der Waals surface area contributed by atoms with Gasteiger partial charge in [-0.05, 0) is 29.5 Å². The number of carboxylic acids is 1. The molecule has 1 heterocycles. The van der Waals surface area contributed by atoms with Gasteiger partial charge in [0.2, 0.25) is 0 Å². The molecule has 1 aromatic rings. The molecule has 2 atom stereocenters. The fraction of sp³-hybridized carbons (Fsp3) is 0.562. The molecular formula is C16H24N2O2. The maximum absolute atomic E-state index is 11.2. The second-order valence-electron chi connectivity index (χ2n) is 6.73. The maximum Gasteiger partial charge on any atom is 0.308 e. The second kappa shape index (κ2) is 5.44. The van der Waals surface area contributed by atoms with Crippen LogP contribution < -0.4 is 10.6 Å². The molecule has 0 saturated carbocycles. The molecular weight excluding hydrogens is 252 g/mol. The molecule has 0 amide bonds. The van der Waals surface area contributed by atoms with Gasteiger partial charge < -0.3 is 15.7 Å². The van der Waals surface area contributed by atoms with Crippen LogP contribution in [0.3, 0.4) is 0 Å². The normalized spacial score (nSPS) is 23.7. The van der Waals surface area contributed by atoms with E-state index in [1.807, 2.05) is 0 Å². The molecule has 0 spiro atoms. The number of hydrogen-bond acceptors (Lipinski definition) is 3. The highest BCUT2D eigenvalue weighted by Crippen LogP contribution is 2.27. The number of anilines is 1. The van der Waals surface area contributed by atoms with Crippen LogP contribution in [-0.2, 0) is 10.2 Å². The van der Waals surface area contributed by atoms with Crippen molar-refractivity contribution >= 4 is 11.7 Å². The first-order chi connectivity index (χ1) is 9.27. The lowest BCUT2D eigenvalue weighted by molar-refractivity contribution is -0.142. The fourth-order valence-corrected chi connectivity index (χ4v) is 2.70. The molecule has 110 valence electrons. The number of nitrogens with two attached hydrogens (primary N) is 1. The van der Waals surface area contributed by atoms with Gasteiger partial charge in [0, 0.05) is 24.8 Å². The van der Waals surface area contributed by atoms with Crippen LogP contribution in [0.15, 0.2) is 24.3 Å². The van der Waals surface area contributed by atoms with Crippen molar-refractivity contribution in [2.45, 2.75) is 38.6 Å².